The molecule has 0 aliphatic rings. The Labute approximate surface area is 133 Å². The van der Waals surface area contributed by atoms with Crippen LogP contribution < -0.4 is 11.1 Å². The number of thioether (sulfide) groups is 1. The van der Waals surface area contributed by atoms with Gasteiger partial charge < -0.3 is 11.1 Å². The van der Waals surface area contributed by atoms with E-state index in [0.29, 0.717) is 5.69 Å². The third-order valence-electron chi connectivity index (χ3n) is 2.73. The van der Waals surface area contributed by atoms with Crippen LogP contribution in [0.3, 0.4) is 0 Å². The average molecular weight is 312 g/mol. The van der Waals surface area contributed by atoms with Crippen LogP contribution >= 0.6 is 11.8 Å². The van der Waals surface area contributed by atoms with Gasteiger partial charge in [0.05, 0.1) is 5.75 Å². The highest BCUT2D eigenvalue weighted by molar-refractivity contribution is 8.00. The van der Waals surface area contributed by atoms with Gasteiger partial charge in [0.25, 0.3) is 0 Å². The molecule has 0 saturated carbocycles. The number of hydrogen-bond acceptors (Lipinski definition) is 3. The predicted molar refractivity (Wildman–Crippen MR) is 90.5 cm³/mol. The van der Waals surface area contributed by atoms with Crippen LogP contribution in [0.5, 0.6) is 0 Å². The first kappa shape index (κ1) is 15.9. The number of carbonyl (C=O) groups excluding carboxylic acids is 2. The maximum Gasteiger partial charge on any atom is 0.248 e. The van der Waals surface area contributed by atoms with E-state index < -0.39 is 0 Å². The summed E-state index contributed by atoms with van der Waals surface area (Å²) in [6.45, 7) is 0. The molecule has 2 amide bonds. The van der Waals surface area contributed by atoms with E-state index in [0.717, 1.165) is 10.5 Å². The molecule has 3 N–H and O–H groups in total. The first-order valence-electron chi connectivity index (χ1n) is 6.69. The molecule has 5 heteroatoms. The molecule has 4 nitrogen and oxygen atoms in total. The number of carbonyl (C=O) groups is 2. The average Bonchev–Trinajstić information content (AvgIpc) is 2.53. The third-order valence-corrected chi connectivity index (χ3v) is 3.76. The second-order valence-electron chi connectivity index (χ2n) is 4.51. The molecule has 0 aromatic heterocycles. The van der Waals surface area contributed by atoms with Crippen molar-refractivity contribution in [2.24, 2.45) is 5.73 Å². The Kier molecular flexibility index (Phi) is 5.80. The molecular formula is C17H16N2O2S. The van der Waals surface area contributed by atoms with Crippen LogP contribution in [0.4, 0.5) is 5.69 Å². The smallest absolute Gasteiger partial charge is 0.248 e. The molecule has 112 valence electrons. The van der Waals surface area contributed by atoms with E-state index in [2.05, 4.69) is 5.32 Å². The molecule has 0 unspecified atom stereocenters. The molecule has 0 heterocycles. The summed E-state index contributed by atoms with van der Waals surface area (Å²) < 4.78 is 0. The molecule has 22 heavy (non-hydrogen) atoms. The highest BCUT2D eigenvalue weighted by Crippen LogP contribution is 2.19. The van der Waals surface area contributed by atoms with Gasteiger partial charge in [-0.05, 0) is 35.9 Å². The van der Waals surface area contributed by atoms with Crippen LogP contribution in [0.15, 0.2) is 65.6 Å². The maximum atomic E-state index is 11.8. The third kappa shape index (κ3) is 5.46. The number of nitrogens with one attached hydrogen (secondary N) is 1. The SMILES string of the molecule is NC(=O)CSc1ccc(NC(=O)/C=C/c2ccccc2)cc1. The van der Waals surface area contributed by atoms with Crippen molar-refractivity contribution in [2.45, 2.75) is 4.90 Å². The van der Waals surface area contributed by atoms with Crippen LogP contribution in [0.1, 0.15) is 5.56 Å². The van der Waals surface area contributed by atoms with Crippen LogP contribution in [-0.2, 0) is 9.59 Å². The first-order chi connectivity index (χ1) is 10.6. The Balaban J connectivity index is 1.89. The number of anilines is 1. The van der Waals surface area contributed by atoms with Gasteiger partial charge in [0.15, 0.2) is 0 Å². The van der Waals surface area contributed by atoms with E-state index in [4.69, 9.17) is 5.73 Å². The molecule has 0 radical (unpaired) electrons. The first-order valence-corrected chi connectivity index (χ1v) is 7.67. The van der Waals surface area contributed by atoms with Gasteiger partial charge in [-0.25, -0.2) is 0 Å². The molecule has 0 saturated heterocycles. The molecule has 0 aliphatic carbocycles. The van der Waals surface area contributed by atoms with Gasteiger partial charge in [-0.3, -0.25) is 9.59 Å². The summed E-state index contributed by atoms with van der Waals surface area (Å²) in [5, 5.41) is 2.78. The molecule has 0 atom stereocenters. The summed E-state index contributed by atoms with van der Waals surface area (Å²) in [5.41, 5.74) is 6.76. The fourth-order valence-electron chi connectivity index (χ4n) is 1.71. The van der Waals surface area contributed by atoms with Gasteiger partial charge in [0, 0.05) is 16.7 Å². The zero-order chi connectivity index (χ0) is 15.8. The number of hydrogen-bond donors (Lipinski definition) is 2. The maximum absolute atomic E-state index is 11.8. The lowest BCUT2D eigenvalue weighted by molar-refractivity contribution is -0.115. The van der Waals surface area contributed by atoms with Gasteiger partial charge in [-0.1, -0.05) is 30.3 Å². The Morgan fingerprint density at radius 2 is 1.73 bits per heavy atom. The fourth-order valence-corrected chi connectivity index (χ4v) is 2.35. The largest absolute Gasteiger partial charge is 0.369 e. The Morgan fingerprint density at radius 1 is 1.05 bits per heavy atom. The standard InChI is InChI=1S/C17H16N2O2S/c18-16(20)12-22-15-9-7-14(8-10-15)19-17(21)11-6-13-4-2-1-3-5-13/h1-11H,12H2,(H2,18,20)(H,19,21)/b11-6+. The van der Waals surface area contributed by atoms with Crippen molar-refractivity contribution >= 4 is 35.3 Å². The number of nitrogens with two attached hydrogens (primary N) is 1. The van der Waals surface area contributed by atoms with E-state index >= 15 is 0 Å². The zero-order valence-corrected chi connectivity index (χ0v) is 12.7. The van der Waals surface area contributed by atoms with E-state index in [9.17, 15) is 9.59 Å². The summed E-state index contributed by atoms with van der Waals surface area (Å²) in [6, 6.07) is 16.9. The quantitative estimate of drug-likeness (QED) is 0.636. The topological polar surface area (TPSA) is 72.2 Å². The highest BCUT2D eigenvalue weighted by atomic mass is 32.2. The number of benzene rings is 2. The summed E-state index contributed by atoms with van der Waals surface area (Å²) in [7, 11) is 0. The number of amides is 2. The van der Waals surface area contributed by atoms with Crippen LogP contribution in [0, 0.1) is 0 Å². The lowest BCUT2D eigenvalue weighted by Gasteiger charge is -2.04. The minimum Gasteiger partial charge on any atom is -0.369 e. The van der Waals surface area contributed by atoms with Gasteiger partial charge >= 0.3 is 0 Å². The van der Waals surface area contributed by atoms with Gasteiger partial charge in [-0.2, -0.15) is 0 Å². The lowest BCUT2D eigenvalue weighted by atomic mass is 10.2. The van der Waals surface area contributed by atoms with Crippen molar-refractivity contribution in [3.05, 3.63) is 66.2 Å². The van der Waals surface area contributed by atoms with Crippen LogP contribution in [0.2, 0.25) is 0 Å². The normalized spacial score (nSPS) is 10.5. The second-order valence-corrected chi connectivity index (χ2v) is 5.56. The summed E-state index contributed by atoms with van der Waals surface area (Å²) in [4.78, 5) is 23.5. The van der Waals surface area contributed by atoms with Gasteiger partial charge in [0.2, 0.25) is 11.8 Å². The molecule has 0 fully saturated rings. The summed E-state index contributed by atoms with van der Waals surface area (Å²) in [6.07, 6.45) is 3.25. The Morgan fingerprint density at radius 3 is 2.36 bits per heavy atom. The van der Waals surface area contributed by atoms with E-state index in [1.165, 1.54) is 17.8 Å². The Hall–Kier alpha value is -2.53. The van der Waals surface area contributed by atoms with Crippen molar-refractivity contribution in [3.8, 4) is 0 Å². The molecule has 2 aromatic rings. The molecule has 0 spiro atoms. The molecule has 0 aliphatic heterocycles. The van der Waals surface area contributed by atoms with Crippen molar-refractivity contribution in [3.63, 3.8) is 0 Å². The minimum absolute atomic E-state index is 0.193. The number of rotatable bonds is 6. The number of primary amides is 1. The fraction of sp³-hybridized carbons (Fsp3) is 0.0588. The van der Waals surface area contributed by atoms with Crippen molar-refractivity contribution in [1.29, 1.82) is 0 Å². The highest BCUT2D eigenvalue weighted by Gasteiger charge is 2.00. The molecular weight excluding hydrogens is 296 g/mol. The van der Waals surface area contributed by atoms with Crippen LogP contribution in [-0.4, -0.2) is 17.6 Å². The van der Waals surface area contributed by atoms with E-state index in [1.54, 1.807) is 18.2 Å². The summed E-state index contributed by atoms with van der Waals surface area (Å²) in [5.74, 6) is -0.305. The van der Waals surface area contributed by atoms with Crippen LogP contribution in [0.25, 0.3) is 6.08 Å². The summed E-state index contributed by atoms with van der Waals surface area (Å²) >= 11 is 1.36. The van der Waals surface area contributed by atoms with Gasteiger partial charge in [0.1, 0.15) is 0 Å². The molecule has 2 rings (SSSR count). The zero-order valence-electron chi connectivity index (χ0n) is 11.9. The van der Waals surface area contributed by atoms with Crippen molar-refractivity contribution < 1.29 is 9.59 Å². The molecule has 2 aromatic carbocycles. The van der Waals surface area contributed by atoms with E-state index in [1.807, 2.05) is 42.5 Å². The van der Waals surface area contributed by atoms with Crippen molar-refractivity contribution in [1.82, 2.24) is 0 Å². The molecule has 0 bridgehead atoms. The van der Waals surface area contributed by atoms with Gasteiger partial charge in [-0.15, -0.1) is 11.8 Å². The van der Waals surface area contributed by atoms with Crippen molar-refractivity contribution in [2.75, 3.05) is 11.1 Å². The Bertz CT molecular complexity index is 667. The van der Waals surface area contributed by atoms with E-state index in [-0.39, 0.29) is 17.6 Å². The monoisotopic (exact) mass is 312 g/mol. The second kappa shape index (κ2) is 8.05. The predicted octanol–water partition coefficient (Wildman–Crippen LogP) is 2.92. The lowest BCUT2D eigenvalue weighted by Crippen LogP contribution is -2.12. The minimum atomic E-state index is -0.353.